The molecule has 3 rings (SSSR count). The van der Waals surface area contributed by atoms with E-state index < -0.39 is 11.8 Å². The zero-order chi connectivity index (χ0) is 16.4. The van der Waals surface area contributed by atoms with Crippen molar-refractivity contribution in [3.05, 3.63) is 59.4 Å². The molecule has 1 aliphatic rings. The Morgan fingerprint density at radius 1 is 1.17 bits per heavy atom. The molecule has 23 heavy (non-hydrogen) atoms. The van der Waals surface area contributed by atoms with Crippen LogP contribution in [0.25, 0.3) is 0 Å². The molecule has 1 saturated carbocycles. The van der Waals surface area contributed by atoms with E-state index in [-0.39, 0.29) is 17.9 Å². The monoisotopic (exact) mass is 314 g/mol. The van der Waals surface area contributed by atoms with E-state index >= 15 is 0 Å². The van der Waals surface area contributed by atoms with Crippen molar-refractivity contribution in [3.8, 4) is 11.5 Å². The third kappa shape index (κ3) is 3.36. The van der Waals surface area contributed by atoms with Crippen LogP contribution in [0.1, 0.15) is 42.6 Å². The second-order valence-corrected chi connectivity index (χ2v) is 6.05. The van der Waals surface area contributed by atoms with Crippen molar-refractivity contribution in [1.82, 2.24) is 0 Å². The van der Waals surface area contributed by atoms with E-state index in [9.17, 15) is 9.18 Å². The van der Waals surface area contributed by atoms with Crippen LogP contribution in [0.15, 0.2) is 42.5 Å². The first-order valence-corrected chi connectivity index (χ1v) is 7.77. The largest absolute Gasteiger partial charge is 0.462 e. The van der Waals surface area contributed by atoms with Crippen molar-refractivity contribution in [2.24, 2.45) is 0 Å². The Balaban J connectivity index is 1.73. The standard InChI is InChI=1S/C19H19FO3/c1-3-22-18(21)13-4-9-17(16(20)12-13)23-15-7-5-14(6-8-15)19(2)10-11-19/h4-9,12H,3,10-11H2,1-2H3. The fourth-order valence-corrected chi connectivity index (χ4v) is 2.45. The molecule has 0 amide bonds. The molecule has 2 aromatic rings. The van der Waals surface area contributed by atoms with Crippen LogP contribution in [0.3, 0.4) is 0 Å². The highest BCUT2D eigenvalue weighted by atomic mass is 19.1. The van der Waals surface area contributed by atoms with Crippen molar-refractivity contribution in [3.63, 3.8) is 0 Å². The van der Waals surface area contributed by atoms with Gasteiger partial charge < -0.3 is 9.47 Å². The predicted octanol–water partition coefficient (Wildman–Crippen LogP) is 4.85. The first kappa shape index (κ1) is 15.5. The Labute approximate surface area is 135 Å². The highest BCUT2D eigenvalue weighted by Gasteiger charge is 2.38. The molecule has 0 heterocycles. The molecule has 0 bridgehead atoms. The summed E-state index contributed by atoms with van der Waals surface area (Å²) in [5, 5.41) is 0. The third-order valence-electron chi connectivity index (χ3n) is 4.22. The van der Waals surface area contributed by atoms with E-state index in [2.05, 4.69) is 6.92 Å². The Hall–Kier alpha value is -2.36. The maximum atomic E-state index is 14.1. The van der Waals surface area contributed by atoms with E-state index in [1.54, 1.807) is 6.92 Å². The summed E-state index contributed by atoms with van der Waals surface area (Å²) in [5.74, 6) is -0.474. The van der Waals surface area contributed by atoms with Gasteiger partial charge in [0.2, 0.25) is 0 Å². The zero-order valence-corrected chi connectivity index (χ0v) is 13.3. The lowest BCUT2D eigenvalue weighted by Crippen LogP contribution is -2.05. The Morgan fingerprint density at radius 3 is 2.43 bits per heavy atom. The fraction of sp³-hybridized carbons (Fsp3) is 0.316. The third-order valence-corrected chi connectivity index (χ3v) is 4.22. The van der Waals surface area contributed by atoms with Gasteiger partial charge in [-0.2, -0.15) is 0 Å². The molecule has 0 aromatic heterocycles. The number of rotatable bonds is 5. The zero-order valence-electron chi connectivity index (χ0n) is 13.3. The number of esters is 1. The molecule has 0 spiro atoms. The second kappa shape index (κ2) is 6.03. The first-order valence-electron chi connectivity index (χ1n) is 7.77. The number of hydrogen-bond acceptors (Lipinski definition) is 3. The van der Waals surface area contributed by atoms with E-state index in [1.807, 2.05) is 24.3 Å². The van der Waals surface area contributed by atoms with Gasteiger partial charge >= 0.3 is 5.97 Å². The highest BCUT2D eigenvalue weighted by Crippen LogP contribution is 2.47. The van der Waals surface area contributed by atoms with Gasteiger partial charge in [0.05, 0.1) is 12.2 Å². The molecule has 3 nitrogen and oxygen atoms in total. The minimum atomic E-state index is -0.589. The molecule has 4 heteroatoms. The van der Waals surface area contributed by atoms with Crippen LogP contribution in [0.5, 0.6) is 11.5 Å². The molecule has 0 unspecified atom stereocenters. The molecule has 0 aliphatic heterocycles. The molecule has 0 N–H and O–H groups in total. The van der Waals surface area contributed by atoms with Gasteiger partial charge in [0.25, 0.3) is 0 Å². The Kier molecular flexibility index (Phi) is 4.07. The maximum Gasteiger partial charge on any atom is 0.338 e. The summed E-state index contributed by atoms with van der Waals surface area (Å²) in [6, 6.07) is 11.8. The van der Waals surface area contributed by atoms with Gasteiger partial charge in [0, 0.05) is 0 Å². The molecular formula is C19H19FO3. The highest BCUT2D eigenvalue weighted by molar-refractivity contribution is 5.89. The Morgan fingerprint density at radius 2 is 1.87 bits per heavy atom. The van der Waals surface area contributed by atoms with Gasteiger partial charge in [-0.25, -0.2) is 9.18 Å². The lowest BCUT2D eigenvalue weighted by atomic mass is 9.99. The molecule has 1 fully saturated rings. The van der Waals surface area contributed by atoms with Gasteiger partial charge in [-0.1, -0.05) is 19.1 Å². The average Bonchev–Trinajstić information content (AvgIpc) is 3.29. The minimum absolute atomic E-state index is 0.0865. The molecule has 0 radical (unpaired) electrons. The van der Waals surface area contributed by atoms with Crippen LogP contribution in [0.4, 0.5) is 4.39 Å². The summed E-state index contributed by atoms with van der Waals surface area (Å²) in [4.78, 5) is 11.6. The Bertz CT molecular complexity index is 718. The normalized spacial score (nSPS) is 15.1. The number of benzene rings is 2. The van der Waals surface area contributed by atoms with Crippen molar-refractivity contribution >= 4 is 5.97 Å². The molecule has 120 valence electrons. The second-order valence-electron chi connectivity index (χ2n) is 6.05. The molecule has 0 atom stereocenters. The molecular weight excluding hydrogens is 295 g/mol. The maximum absolute atomic E-state index is 14.1. The summed E-state index contributed by atoms with van der Waals surface area (Å²) >= 11 is 0. The van der Waals surface area contributed by atoms with Crippen LogP contribution in [-0.2, 0) is 10.2 Å². The summed E-state index contributed by atoms with van der Waals surface area (Å²) in [6.07, 6.45) is 2.41. The fourth-order valence-electron chi connectivity index (χ4n) is 2.45. The van der Waals surface area contributed by atoms with Crippen LogP contribution in [0, 0.1) is 5.82 Å². The smallest absolute Gasteiger partial charge is 0.338 e. The van der Waals surface area contributed by atoms with Gasteiger partial charge in [0.15, 0.2) is 11.6 Å². The minimum Gasteiger partial charge on any atom is -0.462 e. The number of halogens is 1. The lowest BCUT2D eigenvalue weighted by molar-refractivity contribution is 0.0525. The van der Waals surface area contributed by atoms with Crippen molar-refractivity contribution in [2.45, 2.75) is 32.1 Å². The van der Waals surface area contributed by atoms with Gasteiger partial charge in [0.1, 0.15) is 5.75 Å². The summed E-state index contributed by atoms with van der Waals surface area (Å²) in [6.45, 7) is 4.19. The van der Waals surface area contributed by atoms with Gasteiger partial charge in [-0.15, -0.1) is 0 Å². The van der Waals surface area contributed by atoms with Crippen LogP contribution < -0.4 is 4.74 Å². The van der Waals surface area contributed by atoms with E-state index in [1.165, 1.54) is 30.5 Å². The van der Waals surface area contributed by atoms with Gasteiger partial charge in [-0.05, 0) is 61.1 Å². The number of carbonyl (C=O) groups excluding carboxylic acids is 1. The van der Waals surface area contributed by atoms with Crippen molar-refractivity contribution in [1.29, 1.82) is 0 Å². The van der Waals surface area contributed by atoms with E-state index in [0.29, 0.717) is 11.2 Å². The van der Waals surface area contributed by atoms with Crippen LogP contribution >= 0.6 is 0 Å². The lowest BCUT2D eigenvalue weighted by Gasteiger charge is -2.11. The molecule has 2 aromatic carbocycles. The number of hydrogen-bond donors (Lipinski definition) is 0. The van der Waals surface area contributed by atoms with Crippen molar-refractivity contribution in [2.75, 3.05) is 6.61 Å². The first-order chi connectivity index (χ1) is 11.0. The van der Waals surface area contributed by atoms with Crippen LogP contribution in [-0.4, -0.2) is 12.6 Å². The van der Waals surface area contributed by atoms with Crippen molar-refractivity contribution < 1.29 is 18.7 Å². The quantitative estimate of drug-likeness (QED) is 0.740. The SMILES string of the molecule is CCOC(=O)c1ccc(Oc2ccc(C3(C)CC3)cc2)c(F)c1. The number of ether oxygens (including phenoxy) is 2. The topological polar surface area (TPSA) is 35.5 Å². The van der Waals surface area contributed by atoms with Gasteiger partial charge in [-0.3, -0.25) is 0 Å². The van der Waals surface area contributed by atoms with E-state index in [4.69, 9.17) is 9.47 Å². The summed E-state index contributed by atoms with van der Waals surface area (Å²) in [5.41, 5.74) is 1.75. The van der Waals surface area contributed by atoms with Crippen LogP contribution in [0.2, 0.25) is 0 Å². The summed E-state index contributed by atoms with van der Waals surface area (Å²) in [7, 11) is 0. The molecule has 1 aliphatic carbocycles. The average molecular weight is 314 g/mol. The number of carbonyl (C=O) groups is 1. The van der Waals surface area contributed by atoms with E-state index in [0.717, 1.165) is 6.07 Å². The molecule has 0 saturated heterocycles. The summed E-state index contributed by atoms with van der Waals surface area (Å²) < 4.78 is 24.5. The predicted molar refractivity (Wildman–Crippen MR) is 85.5 cm³/mol.